The standard InChI is InChI=1S/C11H15ClSi/c1-3-10-13(12,4-2)11-8-6-5-7-9-11/h4-9H,2-3,10H2,1H3. The molecule has 0 aliphatic rings. The van der Waals surface area contributed by atoms with Gasteiger partial charge < -0.3 is 0 Å². The van der Waals surface area contributed by atoms with E-state index in [0.717, 1.165) is 12.5 Å². The molecule has 1 aromatic carbocycles. The fraction of sp³-hybridized carbons (Fsp3) is 0.273. The van der Waals surface area contributed by atoms with E-state index < -0.39 is 7.38 Å². The van der Waals surface area contributed by atoms with Gasteiger partial charge in [0, 0.05) is 0 Å². The summed E-state index contributed by atoms with van der Waals surface area (Å²) in [7, 11) is -1.86. The molecule has 0 radical (unpaired) electrons. The van der Waals surface area contributed by atoms with Crippen LogP contribution in [-0.2, 0) is 0 Å². The number of hydrogen-bond donors (Lipinski definition) is 0. The van der Waals surface area contributed by atoms with Gasteiger partial charge in [-0.3, -0.25) is 0 Å². The van der Waals surface area contributed by atoms with Crippen LogP contribution in [0.5, 0.6) is 0 Å². The van der Waals surface area contributed by atoms with Crippen LogP contribution in [0, 0.1) is 0 Å². The Hall–Kier alpha value is -0.533. The lowest BCUT2D eigenvalue weighted by atomic mass is 10.4. The second kappa shape index (κ2) is 4.63. The Morgan fingerprint density at radius 3 is 2.46 bits per heavy atom. The van der Waals surface area contributed by atoms with Crippen molar-refractivity contribution in [2.24, 2.45) is 0 Å². The molecule has 0 saturated carbocycles. The van der Waals surface area contributed by atoms with E-state index >= 15 is 0 Å². The van der Waals surface area contributed by atoms with Crippen LogP contribution in [0.15, 0.2) is 42.6 Å². The van der Waals surface area contributed by atoms with Gasteiger partial charge in [0.1, 0.15) is 0 Å². The molecule has 1 aromatic rings. The summed E-state index contributed by atoms with van der Waals surface area (Å²) >= 11 is 6.57. The smallest absolute Gasteiger partial charge is 0.155 e. The highest BCUT2D eigenvalue weighted by atomic mass is 35.6. The van der Waals surface area contributed by atoms with Crippen LogP contribution in [0.4, 0.5) is 0 Å². The van der Waals surface area contributed by atoms with Crippen molar-refractivity contribution in [1.29, 1.82) is 0 Å². The summed E-state index contributed by atoms with van der Waals surface area (Å²) in [6.07, 6.45) is 1.12. The van der Waals surface area contributed by atoms with E-state index in [0.29, 0.717) is 0 Å². The quantitative estimate of drug-likeness (QED) is 0.529. The average molecular weight is 211 g/mol. The number of halogens is 1. The van der Waals surface area contributed by atoms with Crippen molar-refractivity contribution < 1.29 is 0 Å². The second-order valence-corrected chi connectivity index (χ2v) is 8.42. The molecule has 0 nitrogen and oxygen atoms in total. The van der Waals surface area contributed by atoms with Crippen molar-refractivity contribution in [2.75, 3.05) is 0 Å². The predicted molar refractivity (Wildman–Crippen MR) is 63.0 cm³/mol. The van der Waals surface area contributed by atoms with Crippen molar-refractivity contribution in [1.82, 2.24) is 0 Å². The first-order chi connectivity index (χ1) is 6.23. The van der Waals surface area contributed by atoms with Crippen LogP contribution < -0.4 is 5.19 Å². The minimum absolute atomic E-state index is 1.07. The van der Waals surface area contributed by atoms with E-state index in [9.17, 15) is 0 Å². The van der Waals surface area contributed by atoms with Gasteiger partial charge in [-0.15, -0.1) is 6.58 Å². The van der Waals surface area contributed by atoms with Gasteiger partial charge in [0.25, 0.3) is 0 Å². The fourth-order valence-electron chi connectivity index (χ4n) is 1.44. The molecule has 70 valence electrons. The highest BCUT2D eigenvalue weighted by Crippen LogP contribution is 2.18. The normalized spacial score (nSPS) is 14.9. The van der Waals surface area contributed by atoms with Crippen LogP contribution >= 0.6 is 11.1 Å². The molecule has 0 aliphatic carbocycles. The summed E-state index contributed by atoms with van der Waals surface area (Å²) in [5.41, 5.74) is 1.97. The van der Waals surface area contributed by atoms with Crippen molar-refractivity contribution in [3.8, 4) is 0 Å². The summed E-state index contributed by atoms with van der Waals surface area (Å²) in [6, 6.07) is 11.4. The van der Waals surface area contributed by atoms with Crippen molar-refractivity contribution in [3.63, 3.8) is 0 Å². The first-order valence-electron chi connectivity index (χ1n) is 4.61. The Bertz CT molecular complexity index is 271. The Labute approximate surface area is 86.0 Å². The molecule has 0 saturated heterocycles. The summed E-state index contributed by atoms with van der Waals surface area (Å²) in [5.74, 6) is 0. The van der Waals surface area contributed by atoms with E-state index in [1.807, 2.05) is 23.9 Å². The SMILES string of the molecule is C=C[Si](Cl)(CCC)c1ccccc1. The van der Waals surface area contributed by atoms with Crippen LogP contribution in [0.25, 0.3) is 0 Å². The first kappa shape index (κ1) is 10.5. The summed E-state index contributed by atoms with van der Waals surface area (Å²) in [4.78, 5) is 0. The predicted octanol–water partition coefficient (Wildman–Crippen LogP) is 3.21. The van der Waals surface area contributed by atoms with Crippen molar-refractivity contribution >= 4 is 23.6 Å². The zero-order valence-corrected chi connectivity index (χ0v) is 9.72. The molecular formula is C11H15ClSi. The zero-order valence-electron chi connectivity index (χ0n) is 7.96. The van der Waals surface area contributed by atoms with Gasteiger partial charge in [-0.25, -0.2) is 0 Å². The van der Waals surface area contributed by atoms with E-state index in [2.05, 4.69) is 25.6 Å². The Balaban J connectivity index is 2.95. The van der Waals surface area contributed by atoms with E-state index in [1.165, 1.54) is 5.19 Å². The Morgan fingerprint density at radius 2 is 2.00 bits per heavy atom. The average Bonchev–Trinajstić information content (AvgIpc) is 2.19. The van der Waals surface area contributed by atoms with Gasteiger partial charge in [-0.1, -0.05) is 49.4 Å². The van der Waals surface area contributed by atoms with Gasteiger partial charge >= 0.3 is 0 Å². The summed E-state index contributed by atoms with van der Waals surface area (Å²) < 4.78 is 0. The van der Waals surface area contributed by atoms with Gasteiger partial charge in [-0.2, -0.15) is 11.1 Å². The molecular weight excluding hydrogens is 196 g/mol. The number of benzene rings is 1. The van der Waals surface area contributed by atoms with Crippen molar-refractivity contribution in [2.45, 2.75) is 19.4 Å². The topological polar surface area (TPSA) is 0 Å². The maximum atomic E-state index is 6.57. The van der Waals surface area contributed by atoms with Gasteiger partial charge in [0.15, 0.2) is 0 Å². The van der Waals surface area contributed by atoms with Crippen LogP contribution in [-0.4, -0.2) is 7.38 Å². The molecule has 2 heteroatoms. The highest BCUT2D eigenvalue weighted by Gasteiger charge is 2.27. The van der Waals surface area contributed by atoms with Gasteiger partial charge in [0.2, 0.25) is 7.38 Å². The molecule has 1 unspecified atom stereocenters. The molecule has 0 aliphatic heterocycles. The second-order valence-electron chi connectivity index (χ2n) is 3.18. The molecule has 0 fully saturated rings. The van der Waals surface area contributed by atoms with E-state index in [-0.39, 0.29) is 0 Å². The Kier molecular flexibility index (Phi) is 3.76. The third kappa shape index (κ3) is 2.45. The summed E-state index contributed by atoms with van der Waals surface area (Å²) in [5, 5.41) is 1.27. The number of rotatable bonds is 4. The molecule has 0 N–H and O–H groups in total. The lowest BCUT2D eigenvalue weighted by Crippen LogP contribution is -2.39. The minimum Gasteiger partial charge on any atom is -0.155 e. The molecule has 13 heavy (non-hydrogen) atoms. The maximum absolute atomic E-state index is 6.57. The maximum Gasteiger partial charge on any atom is 0.209 e. The zero-order chi connectivity index (χ0) is 9.73. The summed E-state index contributed by atoms with van der Waals surface area (Å²) in [6.45, 7) is 6.02. The highest BCUT2D eigenvalue weighted by molar-refractivity contribution is 7.30. The largest absolute Gasteiger partial charge is 0.209 e. The fourth-order valence-corrected chi connectivity index (χ4v) is 4.59. The van der Waals surface area contributed by atoms with Gasteiger partial charge in [-0.05, 0) is 11.2 Å². The molecule has 1 rings (SSSR count). The minimum atomic E-state index is -1.86. The van der Waals surface area contributed by atoms with Crippen LogP contribution in [0.2, 0.25) is 6.04 Å². The molecule has 0 heterocycles. The third-order valence-electron chi connectivity index (χ3n) is 2.19. The monoisotopic (exact) mass is 210 g/mol. The van der Waals surface area contributed by atoms with E-state index in [1.54, 1.807) is 0 Å². The lowest BCUT2D eigenvalue weighted by molar-refractivity contribution is 1.07. The van der Waals surface area contributed by atoms with Crippen LogP contribution in [0.3, 0.4) is 0 Å². The Morgan fingerprint density at radius 1 is 1.38 bits per heavy atom. The number of hydrogen-bond acceptors (Lipinski definition) is 0. The first-order valence-corrected chi connectivity index (χ1v) is 7.90. The van der Waals surface area contributed by atoms with Crippen molar-refractivity contribution in [3.05, 3.63) is 42.6 Å². The molecule has 1 atom stereocenters. The van der Waals surface area contributed by atoms with Gasteiger partial charge in [0.05, 0.1) is 0 Å². The molecule has 0 bridgehead atoms. The third-order valence-corrected chi connectivity index (χ3v) is 7.04. The lowest BCUT2D eigenvalue weighted by Gasteiger charge is -2.19. The molecule has 0 amide bonds. The molecule has 0 spiro atoms. The molecule has 0 aromatic heterocycles. The van der Waals surface area contributed by atoms with E-state index in [4.69, 9.17) is 11.1 Å². The van der Waals surface area contributed by atoms with Crippen LogP contribution in [0.1, 0.15) is 13.3 Å².